The van der Waals surface area contributed by atoms with Gasteiger partial charge in [0.15, 0.2) is 0 Å². The molecule has 68 valence electrons. The fraction of sp³-hybridized carbons (Fsp3) is 0.500. The molecule has 1 heterocycles. The Labute approximate surface area is 79.2 Å². The summed E-state index contributed by atoms with van der Waals surface area (Å²) >= 11 is 0. The van der Waals surface area contributed by atoms with Crippen molar-refractivity contribution in [2.75, 3.05) is 6.54 Å². The number of benzene rings is 1. The van der Waals surface area contributed by atoms with Crippen molar-refractivity contribution in [2.24, 2.45) is 0 Å². The largest absolute Gasteiger partial charge is 0.312 e. The number of hydrogen-bond donors (Lipinski definition) is 1. The zero-order valence-corrected chi connectivity index (χ0v) is 8.06. The van der Waals surface area contributed by atoms with E-state index in [1.807, 2.05) is 0 Å². The highest BCUT2D eigenvalue weighted by molar-refractivity contribution is 5.44. The van der Waals surface area contributed by atoms with E-state index in [0.29, 0.717) is 5.41 Å². The molecule has 0 amide bonds. The van der Waals surface area contributed by atoms with Crippen LogP contribution < -0.4 is 5.32 Å². The molecule has 1 aliphatic carbocycles. The van der Waals surface area contributed by atoms with E-state index in [9.17, 15) is 0 Å². The molecule has 0 saturated heterocycles. The van der Waals surface area contributed by atoms with E-state index in [0.717, 1.165) is 6.54 Å². The van der Waals surface area contributed by atoms with Crippen molar-refractivity contribution in [1.29, 1.82) is 0 Å². The molecule has 1 fully saturated rings. The summed E-state index contributed by atoms with van der Waals surface area (Å²) in [5, 5.41) is 3.53. The predicted octanol–water partition coefficient (Wildman–Crippen LogP) is 2.13. The number of rotatable bonds is 0. The Bertz CT molecular complexity index is 350. The van der Waals surface area contributed by atoms with Crippen molar-refractivity contribution in [3.05, 3.63) is 34.9 Å². The number of aryl methyl sites for hydroxylation is 1. The summed E-state index contributed by atoms with van der Waals surface area (Å²) < 4.78 is 0. The first-order chi connectivity index (χ1) is 6.32. The van der Waals surface area contributed by atoms with E-state index in [2.05, 4.69) is 30.4 Å². The van der Waals surface area contributed by atoms with Crippen LogP contribution in [0, 0.1) is 6.92 Å². The second-order valence-corrected chi connectivity index (χ2v) is 4.48. The van der Waals surface area contributed by atoms with Crippen molar-refractivity contribution in [1.82, 2.24) is 5.32 Å². The molecular weight excluding hydrogens is 158 g/mol. The molecule has 0 bridgehead atoms. The van der Waals surface area contributed by atoms with Crippen LogP contribution in [0.4, 0.5) is 0 Å². The highest BCUT2D eigenvalue weighted by Crippen LogP contribution is 2.50. The Morgan fingerprint density at radius 2 is 2.15 bits per heavy atom. The molecule has 0 radical (unpaired) electrons. The summed E-state index contributed by atoms with van der Waals surface area (Å²) in [6.45, 7) is 4.50. The van der Waals surface area contributed by atoms with Crippen molar-refractivity contribution < 1.29 is 0 Å². The summed E-state index contributed by atoms with van der Waals surface area (Å²) in [7, 11) is 0. The predicted molar refractivity (Wildman–Crippen MR) is 53.8 cm³/mol. The van der Waals surface area contributed by atoms with Crippen molar-refractivity contribution in [2.45, 2.75) is 31.7 Å². The lowest BCUT2D eigenvalue weighted by Gasteiger charge is -2.27. The van der Waals surface area contributed by atoms with E-state index in [4.69, 9.17) is 0 Å². The second-order valence-electron chi connectivity index (χ2n) is 4.48. The third-order valence-electron chi connectivity index (χ3n) is 3.60. The van der Waals surface area contributed by atoms with E-state index in [1.165, 1.54) is 24.9 Å². The smallest absolute Gasteiger partial charge is 0.0211 e. The lowest BCUT2D eigenvalue weighted by Crippen LogP contribution is -2.33. The molecule has 1 aromatic rings. The Hall–Kier alpha value is -0.820. The summed E-state index contributed by atoms with van der Waals surface area (Å²) in [6.07, 6.45) is 2.77. The maximum atomic E-state index is 3.53. The lowest BCUT2D eigenvalue weighted by molar-refractivity contribution is 0.529. The number of hydrogen-bond acceptors (Lipinski definition) is 1. The van der Waals surface area contributed by atoms with Gasteiger partial charge < -0.3 is 5.32 Å². The first-order valence-electron chi connectivity index (χ1n) is 5.12. The molecule has 1 saturated carbocycles. The quantitative estimate of drug-likeness (QED) is 0.633. The highest BCUT2D eigenvalue weighted by atomic mass is 14.9. The monoisotopic (exact) mass is 173 g/mol. The first kappa shape index (κ1) is 7.57. The lowest BCUT2D eigenvalue weighted by atomic mass is 9.86. The maximum Gasteiger partial charge on any atom is 0.0211 e. The number of nitrogens with one attached hydrogen (secondary N) is 1. The fourth-order valence-electron chi connectivity index (χ4n) is 2.55. The molecular formula is C12H15N. The molecule has 3 rings (SSSR count). The van der Waals surface area contributed by atoms with Gasteiger partial charge in [0, 0.05) is 18.5 Å². The molecule has 1 aromatic carbocycles. The van der Waals surface area contributed by atoms with Gasteiger partial charge in [-0.05, 0) is 36.5 Å². The summed E-state index contributed by atoms with van der Waals surface area (Å²) in [5.74, 6) is 0. The minimum atomic E-state index is 0.541. The summed E-state index contributed by atoms with van der Waals surface area (Å²) in [6, 6.07) is 6.76. The van der Waals surface area contributed by atoms with E-state index >= 15 is 0 Å². The third-order valence-corrected chi connectivity index (χ3v) is 3.60. The molecule has 1 aliphatic heterocycles. The molecule has 13 heavy (non-hydrogen) atoms. The van der Waals surface area contributed by atoms with Crippen molar-refractivity contribution >= 4 is 0 Å². The Morgan fingerprint density at radius 3 is 2.92 bits per heavy atom. The van der Waals surface area contributed by atoms with Crippen molar-refractivity contribution in [3.63, 3.8) is 0 Å². The molecule has 1 spiro atoms. The van der Waals surface area contributed by atoms with Gasteiger partial charge in [0.2, 0.25) is 0 Å². The first-order valence-corrected chi connectivity index (χ1v) is 5.12. The minimum absolute atomic E-state index is 0.541. The van der Waals surface area contributed by atoms with Crippen LogP contribution in [0.5, 0.6) is 0 Å². The van der Waals surface area contributed by atoms with E-state index in [1.54, 1.807) is 11.1 Å². The van der Waals surface area contributed by atoms with Gasteiger partial charge in [0.1, 0.15) is 0 Å². The highest BCUT2D eigenvalue weighted by Gasteiger charge is 2.46. The number of fused-ring (bicyclic) bond motifs is 2. The van der Waals surface area contributed by atoms with Crippen LogP contribution in [0.3, 0.4) is 0 Å². The Balaban J connectivity index is 2.19. The molecule has 1 heteroatoms. The molecule has 1 nitrogen and oxygen atoms in total. The van der Waals surface area contributed by atoms with E-state index < -0.39 is 0 Å². The minimum Gasteiger partial charge on any atom is -0.312 e. The Morgan fingerprint density at radius 1 is 1.31 bits per heavy atom. The van der Waals surface area contributed by atoms with Crippen LogP contribution >= 0.6 is 0 Å². The topological polar surface area (TPSA) is 12.0 Å². The standard InChI is InChI=1S/C12H15N/c1-9-3-2-4-11-10(9)7-13-8-12(11)5-6-12/h2-4,13H,5-8H2,1H3. The van der Waals surface area contributed by atoms with Gasteiger partial charge in [-0.3, -0.25) is 0 Å². The third kappa shape index (κ3) is 0.969. The zero-order valence-electron chi connectivity index (χ0n) is 8.06. The van der Waals surface area contributed by atoms with Crippen LogP contribution in [-0.4, -0.2) is 6.54 Å². The summed E-state index contributed by atoms with van der Waals surface area (Å²) in [4.78, 5) is 0. The van der Waals surface area contributed by atoms with Gasteiger partial charge in [0.25, 0.3) is 0 Å². The molecule has 0 atom stereocenters. The second kappa shape index (κ2) is 2.36. The van der Waals surface area contributed by atoms with Crippen LogP contribution in [0.1, 0.15) is 29.5 Å². The van der Waals surface area contributed by atoms with Crippen LogP contribution in [0.15, 0.2) is 18.2 Å². The van der Waals surface area contributed by atoms with Crippen LogP contribution in [0.25, 0.3) is 0 Å². The van der Waals surface area contributed by atoms with Crippen LogP contribution in [0.2, 0.25) is 0 Å². The van der Waals surface area contributed by atoms with Gasteiger partial charge >= 0.3 is 0 Å². The van der Waals surface area contributed by atoms with Crippen LogP contribution in [-0.2, 0) is 12.0 Å². The van der Waals surface area contributed by atoms with Gasteiger partial charge in [0.05, 0.1) is 0 Å². The van der Waals surface area contributed by atoms with Gasteiger partial charge in [-0.1, -0.05) is 18.2 Å². The Kier molecular flexibility index (Phi) is 1.37. The molecule has 1 N–H and O–H groups in total. The summed E-state index contributed by atoms with van der Waals surface area (Å²) in [5.41, 5.74) is 5.19. The van der Waals surface area contributed by atoms with Crippen molar-refractivity contribution in [3.8, 4) is 0 Å². The van der Waals surface area contributed by atoms with Gasteiger partial charge in [-0.15, -0.1) is 0 Å². The van der Waals surface area contributed by atoms with Gasteiger partial charge in [-0.25, -0.2) is 0 Å². The van der Waals surface area contributed by atoms with E-state index in [-0.39, 0.29) is 0 Å². The molecule has 0 unspecified atom stereocenters. The molecule has 0 aromatic heterocycles. The average Bonchev–Trinajstić information content (AvgIpc) is 2.89. The maximum absolute atomic E-state index is 3.53. The normalized spacial score (nSPS) is 22.8. The fourth-order valence-corrected chi connectivity index (χ4v) is 2.55. The average molecular weight is 173 g/mol. The zero-order chi connectivity index (χ0) is 8.89. The SMILES string of the molecule is Cc1cccc2c1CNCC21CC1. The molecule has 2 aliphatic rings. The van der Waals surface area contributed by atoms with Gasteiger partial charge in [-0.2, -0.15) is 0 Å².